The van der Waals surface area contributed by atoms with Crippen LogP contribution < -0.4 is 4.74 Å². The molecule has 19 heavy (non-hydrogen) atoms. The summed E-state index contributed by atoms with van der Waals surface area (Å²) in [6.07, 6.45) is 2.61. The number of ether oxygens (including phenoxy) is 3. The number of hydrogen-bond donors (Lipinski definition) is 0. The Kier molecular flexibility index (Phi) is 3.78. The molecular weight excluding hydrogens is 315 g/mol. The van der Waals surface area contributed by atoms with E-state index in [1.165, 1.54) is 12.1 Å². The van der Waals surface area contributed by atoms with Gasteiger partial charge < -0.3 is 14.2 Å². The molecule has 2 heterocycles. The van der Waals surface area contributed by atoms with Gasteiger partial charge in [-0.2, -0.15) is 0 Å². The number of benzene rings is 1. The van der Waals surface area contributed by atoms with Crippen molar-refractivity contribution >= 4 is 15.9 Å². The molecule has 3 rings (SSSR count). The first-order chi connectivity index (χ1) is 9.15. The molecule has 3 nitrogen and oxygen atoms in total. The maximum Gasteiger partial charge on any atom is 0.128 e. The van der Waals surface area contributed by atoms with E-state index in [0.29, 0.717) is 23.4 Å². The molecule has 2 aliphatic heterocycles. The van der Waals surface area contributed by atoms with Crippen LogP contribution in [0.1, 0.15) is 19.3 Å². The SMILES string of the molecule is Fc1cc(Br)cc(OC2CCOC3(CCOC3)C2)c1. The van der Waals surface area contributed by atoms with E-state index in [2.05, 4.69) is 15.9 Å². The van der Waals surface area contributed by atoms with Gasteiger partial charge in [-0.25, -0.2) is 4.39 Å². The molecule has 1 aromatic rings. The van der Waals surface area contributed by atoms with Crippen molar-refractivity contribution in [3.05, 3.63) is 28.5 Å². The van der Waals surface area contributed by atoms with Crippen LogP contribution in [0.5, 0.6) is 5.75 Å². The Hall–Kier alpha value is -0.650. The van der Waals surface area contributed by atoms with E-state index in [4.69, 9.17) is 14.2 Å². The average Bonchev–Trinajstić information content (AvgIpc) is 2.76. The van der Waals surface area contributed by atoms with Gasteiger partial charge in [-0.3, -0.25) is 0 Å². The maximum absolute atomic E-state index is 13.3. The van der Waals surface area contributed by atoms with E-state index in [0.717, 1.165) is 25.9 Å². The summed E-state index contributed by atoms with van der Waals surface area (Å²) in [5.74, 6) is 0.267. The predicted octanol–water partition coefficient (Wildman–Crippen LogP) is 3.31. The Morgan fingerprint density at radius 2 is 2.21 bits per heavy atom. The smallest absolute Gasteiger partial charge is 0.128 e. The van der Waals surface area contributed by atoms with Gasteiger partial charge in [-0.05, 0) is 12.1 Å². The van der Waals surface area contributed by atoms with E-state index in [-0.39, 0.29) is 17.5 Å². The first kappa shape index (κ1) is 13.3. The highest BCUT2D eigenvalue weighted by Gasteiger charge is 2.41. The van der Waals surface area contributed by atoms with Gasteiger partial charge in [0.05, 0.1) is 18.8 Å². The Morgan fingerprint density at radius 1 is 1.32 bits per heavy atom. The van der Waals surface area contributed by atoms with Crippen LogP contribution in [0.15, 0.2) is 22.7 Å². The molecule has 1 spiro atoms. The molecule has 0 saturated carbocycles. The Balaban J connectivity index is 1.69. The van der Waals surface area contributed by atoms with Gasteiger partial charge in [0.2, 0.25) is 0 Å². The highest BCUT2D eigenvalue weighted by Crippen LogP contribution is 2.35. The molecule has 2 unspecified atom stereocenters. The fourth-order valence-corrected chi connectivity index (χ4v) is 3.18. The van der Waals surface area contributed by atoms with Crippen molar-refractivity contribution in [1.29, 1.82) is 0 Å². The third-order valence-corrected chi connectivity index (χ3v) is 4.11. The van der Waals surface area contributed by atoms with Crippen molar-refractivity contribution in [2.45, 2.75) is 31.0 Å². The zero-order valence-corrected chi connectivity index (χ0v) is 12.1. The topological polar surface area (TPSA) is 27.7 Å². The number of hydrogen-bond acceptors (Lipinski definition) is 3. The summed E-state index contributed by atoms with van der Waals surface area (Å²) >= 11 is 3.27. The zero-order chi connectivity index (χ0) is 13.3. The van der Waals surface area contributed by atoms with Crippen LogP contribution in [0.25, 0.3) is 0 Å². The van der Waals surface area contributed by atoms with Gasteiger partial charge in [-0.15, -0.1) is 0 Å². The van der Waals surface area contributed by atoms with E-state index < -0.39 is 0 Å². The monoisotopic (exact) mass is 330 g/mol. The summed E-state index contributed by atoms with van der Waals surface area (Å²) in [4.78, 5) is 0. The normalized spacial score (nSPS) is 30.7. The summed E-state index contributed by atoms with van der Waals surface area (Å²) in [6, 6.07) is 4.62. The zero-order valence-electron chi connectivity index (χ0n) is 10.5. The fraction of sp³-hybridized carbons (Fsp3) is 0.571. The largest absolute Gasteiger partial charge is 0.490 e. The summed E-state index contributed by atoms with van der Waals surface area (Å²) in [7, 11) is 0. The lowest BCUT2D eigenvalue weighted by Crippen LogP contribution is -2.44. The Labute approximate surface area is 120 Å². The first-order valence-corrected chi connectivity index (χ1v) is 7.29. The molecule has 2 saturated heterocycles. The van der Waals surface area contributed by atoms with Crippen LogP contribution in [-0.2, 0) is 9.47 Å². The van der Waals surface area contributed by atoms with Gasteiger partial charge in [0.15, 0.2) is 0 Å². The van der Waals surface area contributed by atoms with E-state index in [9.17, 15) is 4.39 Å². The molecule has 2 aliphatic rings. The summed E-state index contributed by atoms with van der Waals surface area (Å²) < 4.78 is 31.2. The molecule has 0 bridgehead atoms. The average molecular weight is 331 g/mol. The minimum absolute atomic E-state index is 0.0594. The molecule has 0 amide bonds. The van der Waals surface area contributed by atoms with Gasteiger partial charge in [0, 0.05) is 36.4 Å². The van der Waals surface area contributed by atoms with Gasteiger partial charge in [-0.1, -0.05) is 15.9 Å². The fourth-order valence-electron chi connectivity index (χ4n) is 2.74. The van der Waals surface area contributed by atoms with Crippen LogP contribution in [0.3, 0.4) is 0 Å². The molecule has 104 valence electrons. The maximum atomic E-state index is 13.3. The van der Waals surface area contributed by atoms with Crippen molar-refractivity contribution in [2.75, 3.05) is 19.8 Å². The molecule has 0 radical (unpaired) electrons. The lowest BCUT2D eigenvalue weighted by molar-refractivity contribution is -0.112. The van der Waals surface area contributed by atoms with Crippen molar-refractivity contribution in [3.8, 4) is 5.75 Å². The van der Waals surface area contributed by atoms with Gasteiger partial charge in [0.1, 0.15) is 17.7 Å². The van der Waals surface area contributed by atoms with Crippen molar-refractivity contribution < 1.29 is 18.6 Å². The molecule has 2 fully saturated rings. The first-order valence-electron chi connectivity index (χ1n) is 6.50. The molecule has 5 heteroatoms. The Bertz CT molecular complexity index is 440. The third-order valence-electron chi connectivity index (χ3n) is 3.65. The van der Waals surface area contributed by atoms with Crippen LogP contribution in [0, 0.1) is 5.82 Å². The quantitative estimate of drug-likeness (QED) is 0.832. The second-order valence-electron chi connectivity index (χ2n) is 5.17. The third kappa shape index (κ3) is 3.09. The van der Waals surface area contributed by atoms with Crippen LogP contribution in [0.2, 0.25) is 0 Å². The molecule has 0 N–H and O–H groups in total. The van der Waals surface area contributed by atoms with E-state index >= 15 is 0 Å². The summed E-state index contributed by atoms with van der Waals surface area (Å²) in [5.41, 5.74) is -0.187. The van der Waals surface area contributed by atoms with Crippen molar-refractivity contribution in [1.82, 2.24) is 0 Å². The lowest BCUT2D eigenvalue weighted by Gasteiger charge is -2.37. The molecule has 0 aliphatic carbocycles. The molecule has 0 aromatic heterocycles. The van der Waals surface area contributed by atoms with Gasteiger partial charge >= 0.3 is 0 Å². The van der Waals surface area contributed by atoms with E-state index in [1.54, 1.807) is 6.07 Å². The predicted molar refractivity (Wildman–Crippen MR) is 71.9 cm³/mol. The van der Waals surface area contributed by atoms with Crippen LogP contribution >= 0.6 is 15.9 Å². The van der Waals surface area contributed by atoms with Gasteiger partial charge in [0.25, 0.3) is 0 Å². The lowest BCUT2D eigenvalue weighted by atomic mass is 9.91. The van der Waals surface area contributed by atoms with Crippen LogP contribution in [-0.4, -0.2) is 31.5 Å². The molecular formula is C14H16BrFO3. The minimum atomic E-state index is -0.296. The highest BCUT2D eigenvalue weighted by molar-refractivity contribution is 9.10. The van der Waals surface area contributed by atoms with Crippen molar-refractivity contribution in [3.63, 3.8) is 0 Å². The second-order valence-corrected chi connectivity index (χ2v) is 6.09. The van der Waals surface area contributed by atoms with E-state index in [1.807, 2.05) is 0 Å². The molecule has 2 atom stereocenters. The summed E-state index contributed by atoms with van der Waals surface area (Å²) in [5, 5.41) is 0. The van der Waals surface area contributed by atoms with Crippen molar-refractivity contribution in [2.24, 2.45) is 0 Å². The Morgan fingerprint density at radius 3 is 2.95 bits per heavy atom. The standard InChI is InChI=1S/C14H16BrFO3/c15-10-5-11(16)7-13(6-10)19-12-1-3-18-14(8-12)2-4-17-9-14/h5-7,12H,1-4,8-9H2. The van der Waals surface area contributed by atoms with Crippen LogP contribution in [0.4, 0.5) is 4.39 Å². The molecule has 1 aromatic carbocycles. The highest BCUT2D eigenvalue weighted by atomic mass is 79.9. The number of rotatable bonds is 2. The second kappa shape index (κ2) is 5.38. The number of halogens is 2. The summed E-state index contributed by atoms with van der Waals surface area (Å²) in [6.45, 7) is 2.06. The minimum Gasteiger partial charge on any atom is -0.490 e.